The second kappa shape index (κ2) is 8.10. The number of rotatable bonds is 5. The first kappa shape index (κ1) is 21.0. The number of halogens is 3. The predicted octanol–water partition coefficient (Wildman–Crippen LogP) is 4.28. The largest absolute Gasteiger partial charge is 0.530 e. The van der Waals surface area contributed by atoms with E-state index in [0.29, 0.717) is 28.7 Å². The van der Waals surface area contributed by atoms with Crippen LogP contribution in [0.5, 0.6) is 11.5 Å². The van der Waals surface area contributed by atoms with E-state index in [-0.39, 0.29) is 5.82 Å². The monoisotopic (exact) mass is 442 g/mol. The highest BCUT2D eigenvalue weighted by Crippen LogP contribution is 2.31. The maximum atomic E-state index is 12.7. The molecule has 2 heterocycles. The Hall–Kier alpha value is -4.28. The summed E-state index contributed by atoms with van der Waals surface area (Å²) in [6.45, 7) is 0. The minimum atomic E-state index is -4.40. The van der Waals surface area contributed by atoms with Crippen molar-refractivity contribution in [3.05, 3.63) is 66.4 Å². The molecule has 32 heavy (non-hydrogen) atoms. The van der Waals surface area contributed by atoms with Crippen LogP contribution in [0.3, 0.4) is 0 Å². The quantitative estimate of drug-likeness (QED) is 0.478. The van der Waals surface area contributed by atoms with Crippen LogP contribution in [0.4, 0.5) is 35.4 Å². The van der Waals surface area contributed by atoms with Gasteiger partial charge in [0.2, 0.25) is 5.95 Å². The Morgan fingerprint density at radius 3 is 2.47 bits per heavy atom. The third kappa shape index (κ3) is 4.56. The zero-order valence-corrected chi connectivity index (χ0v) is 16.5. The number of benzene rings is 2. The molecule has 0 fully saturated rings. The van der Waals surface area contributed by atoms with Crippen LogP contribution in [-0.2, 0) is 13.2 Å². The summed E-state index contributed by atoms with van der Waals surface area (Å²) in [6, 6.07) is 12.8. The molecular formula is C21H15F3N5O3-. The van der Waals surface area contributed by atoms with Crippen molar-refractivity contribution in [2.45, 2.75) is 6.18 Å². The smallest absolute Gasteiger partial charge is 0.416 e. The summed E-state index contributed by atoms with van der Waals surface area (Å²) in [5, 5.41) is 15.7. The number of alkyl halides is 3. The summed E-state index contributed by atoms with van der Waals surface area (Å²) in [4.78, 5) is 19.0. The van der Waals surface area contributed by atoms with Gasteiger partial charge in [-0.15, -0.1) is 0 Å². The van der Waals surface area contributed by atoms with Gasteiger partial charge < -0.3 is 29.8 Å². The van der Waals surface area contributed by atoms with Crippen molar-refractivity contribution in [2.75, 3.05) is 10.6 Å². The second-order valence-corrected chi connectivity index (χ2v) is 6.74. The van der Waals surface area contributed by atoms with E-state index in [1.165, 1.54) is 24.4 Å². The van der Waals surface area contributed by atoms with Crippen molar-refractivity contribution in [3.63, 3.8) is 0 Å². The van der Waals surface area contributed by atoms with Gasteiger partial charge in [0.1, 0.15) is 23.4 Å². The molecule has 8 nitrogen and oxygen atoms in total. The predicted molar refractivity (Wildman–Crippen MR) is 109 cm³/mol. The number of aromatic nitrogens is 3. The number of ether oxygens (including phenoxy) is 1. The number of imidazole rings is 1. The summed E-state index contributed by atoms with van der Waals surface area (Å²) >= 11 is 0. The lowest BCUT2D eigenvalue weighted by Gasteiger charge is -2.09. The fourth-order valence-electron chi connectivity index (χ4n) is 3.01. The van der Waals surface area contributed by atoms with Crippen molar-refractivity contribution < 1.29 is 27.8 Å². The highest BCUT2D eigenvalue weighted by Gasteiger charge is 2.30. The zero-order valence-electron chi connectivity index (χ0n) is 16.5. The number of carbonyl (C=O) groups is 1. The first-order valence-corrected chi connectivity index (χ1v) is 9.22. The molecule has 0 bridgehead atoms. The summed E-state index contributed by atoms with van der Waals surface area (Å²) in [5.41, 5.74) is 1.07. The lowest BCUT2D eigenvalue weighted by Crippen LogP contribution is -2.29. The third-order valence-corrected chi connectivity index (χ3v) is 4.52. The van der Waals surface area contributed by atoms with E-state index >= 15 is 0 Å². The molecule has 0 radical (unpaired) electrons. The van der Waals surface area contributed by atoms with E-state index in [1.54, 1.807) is 35.9 Å². The molecule has 0 saturated heterocycles. The SMILES string of the molecule is Cn1c(Nc2ccc(C(F)(F)F)cc2)nc2cc(Oc3ccnc(NC(=O)[O-])c3)ccc21. The van der Waals surface area contributed by atoms with Crippen LogP contribution in [0.15, 0.2) is 60.8 Å². The van der Waals surface area contributed by atoms with E-state index in [9.17, 15) is 23.1 Å². The average Bonchev–Trinajstić information content (AvgIpc) is 3.02. The molecular weight excluding hydrogens is 427 g/mol. The topological polar surface area (TPSA) is 104 Å². The van der Waals surface area contributed by atoms with Crippen molar-refractivity contribution in [2.24, 2.45) is 7.05 Å². The number of aryl methyl sites for hydroxylation is 1. The van der Waals surface area contributed by atoms with Gasteiger partial charge in [-0.3, -0.25) is 0 Å². The number of fused-ring (bicyclic) bond motifs is 1. The maximum Gasteiger partial charge on any atom is 0.416 e. The number of anilines is 3. The minimum absolute atomic E-state index is 0.0597. The summed E-state index contributed by atoms with van der Waals surface area (Å²) in [5.74, 6) is 1.29. The summed E-state index contributed by atoms with van der Waals surface area (Å²) < 4.78 is 45.7. The Morgan fingerprint density at radius 1 is 1.06 bits per heavy atom. The molecule has 4 aromatic rings. The van der Waals surface area contributed by atoms with Crippen LogP contribution < -0.4 is 20.5 Å². The van der Waals surface area contributed by atoms with Crippen LogP contribution in [-0.4, -0.2) is 20.6 Å². The van der Waals surface area contributed by atoms with Crippen molar-refractivity contribution >= 4 is 34.6 Å². The maximum absolute atomic E-state index is 12.7. The van der Waals surface area contributed by atoms with Gasteiger partial charge in [-0.1, -0.05) is 0 Å². The Bertz CT molecular complexity index is 1290. The van der Waals surface area contributed by atoms with Crippen LogP contribution >= 0.6 is 0 Å². The van der Waals surface area contributed by atoms with Gasteiger partial charge in [0.05, 0.1) is 16.6 Å². The van der Waals surface area contributed by atoms with Gasteiger partial charge in [0, 0.05) is 31.1 Å². The van der Waals surface area contributed by atoms with Crippen LogP contribution in [0.25, 0.3) is 11.0 Å². The minimum Gasteiger partial charge on any atom is -0.530 e. The van der Waals surface area contributed by atoms with Crippen molar-refractivity contribution in [3.8, 4) is 11.5 Å². The van der Waals surface area contributed by atoms with E-state index in [0.717, 1.165) is 17.6 Å². The van der Waals surface area contributed by atoms with Crippen LogP contribution in [0.1, 0.15) is 5.56 Å². The Labute approximate surface area is 179 Å². The Morgan fingerprint density at radius 2 is 1.78 bits per heavy atom. The fourth-order valence-corrected chi connectivity index (χ4v) is 3.01. The number of carbonyl (C=O) groups excluding carboxylic acids is 1. The van der Waals surface area contributed by atoms with E-state index in [4.69, 9.17) is 4.74 Å². The van der Waals surface area contributed by atoms with Crippen molar-refractivity contribution in [1.82, 2.24) is 14.5 Å². The highest BCUT2D eigenvalue weighted by atomic mass is 19.4. The normalized spacial score (nSPS) is 11.4. The summed E-state index contributed by atoms with van der Waals surface area (Å²) in [7, 11) is 1.77. The second-order valence-electron chi connectivity index (χ2n) is 6.74. The Balaban J connectivity index is 1.55. The van der Waals surface area contributed by atoms with E-state index in [1.807, 2.05) is 5.32 Å². The number of hydrogen-bond acceptors (Lipinski definition) is 6. The molecule has 0 saturated carbocycles. The number of amides is 1. The molecule has 0 aliphatic carbocycles. The molecule has 4 rings (SSSR count). The number of nitrogens with one attached hydrogen (secondary N) is 2. The van der Waals surface area contributed by atoms with Crippen LogP contribution in [0, 0.1) is 0 Å². The van der Waals surface area contributed by atoms with Gasteiger partial charge in [-0.2, -0.15) is 13.2 Å². The number of pyridine rings is 1. The van der Waals surface area contributed by atoms with Crippen molar-refractivity contribution in [1.29, 1.82) is 0 Å². The molecule has 0 aliphatic rings. The van der Waals surface area contributed by atoms with Gasteiger partial charge in [-0.25, -0.2) is 9.97 Å². The molecule has 0 unspecified atom stereocenters. The summed E-state index contributed by atoms with van der Waals surface area (Å²) in [6.07, 6.45) is -4.51. The van der Waals surface area contributed by atoms with E-state index in [2.05, 4.69) is 15.3 Å². The molecule has 2 aromatic heterocycles. The number of nitrogens with zero attached hydrogens (tertiary/aromatic N) is 3. The molecule has 2 aromatic carbocycles. The fraction of sp³-hybridized carbons (Fsp3) is 0.0952. The first-order valence-electron chi connectivity index (χ1n) is 9.22. The molecule has 0 atom stereocenters. The molecule has 0 spiro atoms. The van der Waals surface area contributed by atoms with Gasteiger partial charge in [-0.05, 0) is 42.5 Å². The van der Waals surface area contributed by atoms with Gasteiger partial charge in [0.15, 0.2) is 0 Å². The van der Waals surface area contributed by atoms with Crippen LogP contribution in [0.2, 0.25) is 0 Å². The molecule has 164 valence electrons. The first-order chi connectivity index (χ1) is 15.2. The highest BCUT2D eigenvalue weighted by molar-refractivity contribution is 5.81. The molecule has 11 heteroatoms. The standard InChI is InChI=1S/C21H16F3N5O3/c1-29-17-7-6-14(32-15-8-9-25-18(11-15)28-20(30)31)10-16(17)27-19(29)26-13-4-2-12(3-5-13)21(22,23)24/h2-11H,1H3,(H,25,28)(H,26,27)(H,30,31)/p-1. The molecule has 2 N–H and O–H groups in total. The average molecular weight is 442 g/mol. The zero-order chi connectivity index (χ0) is 22.9. The lowest BCUT2D eigenvalue weighted by atomic mass is 10.2. The number of hydrogen-bond donors (Lipinski definition) is 2. The number of carboxylic acid groups (broad SMARTS) is 1. The Kier molecular flexibility index (Phi) is 5.31. The third-order valence-electron chi connectivity index (χ3n) is 4.52. The van der Waals surface area contributed by atoms with Gasteiger partial charge >= 0.3 is 6.18 Å². The molecule has 1 amide bonds. The molecule has 0 aliphatic heterocycles. The van der Waals surface area contributed by atoms with Gasteiger partial charge in [0.25, 0.3) is 0 Å². The van der Waals surface area contributed by atoms with E-state index < -0.39 is 17.8 Å². The lowest BCUT2D eigenvalue weighted by molar-refractivity contribution is -0.242.